The molecule has 226 valence electrons. The smallest absolute Gasteiger partial charge is 0.397 e. The van der Waals surface area contributed by atoms with Crippen molar-refractivity contribution in [1.29, 1.82) is 0 Å². The lowest BCUT2D eigenvalue weighted by Gasteiger charge is -2.41. The second-order valence-corrected chi connectivity index (χ2v) is 11.8. The highest BCUT2D eigenvalue weighted by Crippen LogP contribution is 2.61. The van der Waals surface area contributed by atoms with Gasteiger partial charge in [0.1, 0.15) is 48.2 Å². The lowest BCUT2D eigenvalue weighted by atomic mass is 9.96. The standard InChI is InChI=1S/C18H27FN4O15P2/c19-9-8(35-17(11(9)26)23-5-22-10-6(20)1-2-21-16(10)23)4-34-39(30,31)38-40(32,33)37-18-14(29)12(27)13(28)15(36-18)7(25)3-24/h1-2,5,7-9,11-15,17-18,24-29H,3-4H2,(H2,20,21)(H,30,31)(H,32,33)/t7-,8-,9?,11+,12+,13+,14?,15?,17-,18+/m1/s1. The van der Waals surface area contributed by atoms with E-state index in [2.05, 4.69) is 23.3 Å². The summed E-state index contributed by atoms with van der Waals surface area (Å²) in [7, 11) is -11.2. The van der Waals surface area contributed by atoms with Gasteiger partial charge >= 0.3 is 15.6 Å². The Labute approximate surface area is 223 Å². The Balaban J connectivity index is 1.38. The topological polar surface area (TPSA) is 299 Å². The first-order valence-electron chi connectivity index (χ1n) is 11.4. The zero-order chi connectivity index (χ0) is 29.6. The van der Waals surface area contributed by atoms with Crippen LogP contribution < -0.4 is 5.73 Å². The molecule has 0 aliphatic carbocycles. The van der Waals surface area contributed by atoms with Crippen LogP contribution in [0.4, 0.5) is 10.1 Å². The minimum absolute atomic E-state index is 0.144. The number of hydrogen-bond donors (Lipinski definition) is 9. The molecule has 2 aliphatic heterocycles. The molecule has 4 rings (SSSR count). The number of imidazole rings is 1. The number of alkyl halides is 1. The Bertz CT molecular complexity index is 1290. The minimum Gasteiger partial charge on any atom is -0.397 e. The number of halogens is 1. The number of phosphoric acid groups is 2. The molecule has 2 aromatic rings. The van der Waals surface area contributed by atoms with E-state index in [-0.39, 0.29) is 16.9 Å². The number of nitrogens with zero attached hydrogens (tertiary/aromatic N) is 3. The maximum atomic E-state index is 14.8. The quantitative estimate of drug-likeness (QED) is 0.120. The van der Waals surface area contributed by atoms with E-state index in [1.54, 1.807) is 0 Å². The first-order chi connectivity index (χ1) is 18.7. The van der Waals surface area contributed by atoms with E-state index in [1.807, 2.05) is 0 Å². The minimum atomic E-state index is -5.68. The number of anilines is 1. The molecule has 2 fully saturated rings. The fourth-order valence-electron chi connectivity index (χ4n) is 4.07. The van der Waals surface area contributed by atoms with Crippen LogP contribution in [0, 0.1) is 0 Å². The summed E-state index contributed by atoms with van der Waals surface area (Å²) in [5.74, 6) is 0. The third-order valence-corrected chi connectivity index (χ3v) is 8.67. The van der Waals surface area contributed by atoms with E-state index in [9.17, 15) is 48.8 Å². The number of aliphatic hydroxyl groups excluding tert-OH is 6. The fraction of sp³-hybridized carbons (Fsp3) is 0.667. The van der Waals surface area contributed by atoms with E-state index in [0.717, 1.165) is 0 Å². The third-order valence-electron chi connectivity index (χ3n) is 6.07. The molecule has 0 bridgehead atoms. The van der Waals surface area contributed by atoms with Crippen LogP contribution in [0.25, 0.3) is 11.2 Å². The van der Waals surface area contributed by atoms with Gasteiger partial charge in [-0.1, -0.05) is 0 Å². The van der Waals surface area contributed by atoms with Gasteiger partial charge in [0, 0.05) is 6.20 Å². The number of phosphoric ester groups is 2. The number of aliphatic hydroxyl groups is 6. The molecule has 19 nitrogen and oxygen atoms in total. The zero-order valence-electron chi connectivity index (χ0n) is 20.0. The third kappa shape index (κ3) is 6.36. The first kappa shape index (κ1) is 31.2. The van der Waals surface area contributed by atoms with E-state index in [4.69, 9.17) is 20.3 Å². The van der Waals surface area contributed by atoms with Crippen LogP contribution in [0.5, 0.6) is 0 Å². The van der Waals surface area contributed by atoms with Crippen molar-refractivity contribution < 1.29 is 76.8 Å². The van der Waals surface area contributed by atoms with Gasteiger partial charge in [-0.25, -0.2) is 23.5 Å². The van der Waals surface area contributed by atoms with Crippen molar-refractivity contribution in [2.24, 2.45) is 0 Å². The van der Waals surface area contributed by atoms with Crippen LogP contribution in [0.15, 0.2) is 18.6 Å². The molecule has 12 atom stereocenters. The van der Waals surface area contributed by atoms with Crippen molar-refractivity contribution >= 4 is 32.5 Å². The monoisotopic (exact) mass is 620 g/mol. The first-order valence-corrected chi connectivity index (χ1v) is 14.4. The maximum Gasteiger partial charge on any atom is 0.483 e. The van der Waals surface area contributed by atoms with Crippen LogP contribution in [-0.2, 0) is 32.0 Å². The summed E-state index contributed by atoms with van der Waals surface area (Å²) in [5.41, 5.74) is 6.44. The number of pyridine rings is 1. The lowest BCUT2D eigenvalue weighted by Crippen LogP contribution is -2.61. The van der Waals surface area contributed by atoms with Crippen LogP contribution >= 0.6 is 15.6 Å². The highest BCUT2D eigenvalue weighted by atomic mass is 31.3. The lowest BCUT2D eigenvalue weighted by molar-refractivity contribution is -0.292. The highest BCUT2D eigenvalue weighted by Gasteiger charge is 2.51. The van der Waals surface area contributed by atoms with Gasteiger partial charge in [-0.3, -0.25) is 13.6 Å². The summed E-state index contributed by atoms with van der Waals surface area (Å²) in [4.78, 5) is 27.9. The number of rotatable bonds is 10. The van der Waals surface area contributed by atoms with Gasteiger partial charge in [0.2, 0.25) is 0 Å². The average Bonchev–Trinajstić information content (AvgIpc) is 3.43. The van der Waals surface area contributed by atoms with Gasteiger partial charge in [-0.2, -0.15) is 4.31 Å². The van der Waals surface area contributed by atoms with Gasteiger partial charge in [-0.05, 0) is 6.07 Å². The summed E-state index contributed by atoms with van der Waals surface area (Å²) in [5, 5.41) is 58.8. The number of fused-ring (bicyclic) bond motifs is 1. The van der Waals surface area contributed by atoms with Crippen molar-refractivity contribution in [3.63, 3.8) is 0 Å². The van der Waals surface area contributed by atoms with Crippen LogP contribution in [0.1, 0.15) is 6.23 Å². The zero-order valence-corrected chi connectivity index (χ0v) is 21.8. The van der Waals surface area contributed by atoms with Crippen molar-refractivity contribution in [2.75, 3.05) is 18.9 Å². The van der Waals surface area contributed by atoms with Gasteiger partial charge in [0.05, 0.1) is 25.2 Å². The number of nitrogen functional groups attached to an aromatic ring is 1. The van der Waals surface area contributed by atoms with E-state index < -0.39 is 90.3 Å². The summed E-state index contributed by atoms with van der Waals surface area (Å²) in [6.07, 6.45) is -16.8. The molecule has 2 aliphatic rings. The SMILES string of the molecule is Nc1ccnc2c1ncn2[C@@H]1O[C@H](COP(=O)(O)OP(=O)(O)O[C@@H]2OC([C@H](O)CO)[C@@H](O)[C@H](O)C2O)C(F)[C@@H]1O. The van der Waals surface area contributed by atoms with Gasteiger partial charge in [0.15, 0.2) is 24.3 Å². The van der Waals surface area contributed by atoms with Crippen molar-refractivity contribution in [2.45, 2.75) is 61.4 Å². The van der Waals surface area contributed by atoms with E-state index in [1.165, 1.54) is 23.2 Å². The maximum absolute atomic E-state index is 14.8. The Kier molecular flexibility index (Phi) is 9.28. The Morgan fingerprint density at radius 3 is 2.45 bits per heavy atom. The molecule has 0 saturated carbocycles. The molecule has 40 heavy (non-hydrogen) atoms. The van der Waals surface area contributed by atoms with Crippen molar-refractivity contribution in [3.8, 4) is 0 Å². The second kappa shape index (κ2) is 11.9. The largest absolute Gasteiger partial charge is 0.483 e. The molecule has 4 heterocycles. The molecule has 10 N–H and O–H groups in total. The molecular weight excluding hydrogens is 593 g/mol. The molecule has 2 saturated heterocycles. The van der Waals surface area contributed by atoms with Gasteiger partial charge in [0.25, 0.3) is 0 Å². The molecule has 0 spiro atoms. The number of aromatic nitrogens is 3. The van der Waals surface area contributed by atoms with Crippen molar-refractivity contribution in [3.05, 3.63) is 18.6 Å². The van der Waals surface area contributed by atoms with Gasteiger partial charge < -0.3 is 55.6 Å². The summed E-state index contributed by atoms with van der Waals surface area (Å²) >= 11 is 0. The average molecular weight is 620 g/mol. The Morgan fingerprint density at radius 1 is 1.07 bits per heavy atom. The van der Waals surface area contributed by atoms with E-state index in [0.29, 0.717) is 0 Å². The van der Waals surface area contributed by atoms with Gasteiger partial charge in [-0.15, -0.1) is 0 Å². The molecule has 0 aromatic carbocycles. The normalized spacial score (nSPS) is 36.8. The van der Waals surface area contributed by atoms with Crippen LogP contribution in [0.3, 0.4) is 0 Å². The molecule has 5 unspecified atom stereocenters. The van der Waals surface area contributed by atoms with Crippen LogP contribution in [-0.4, -0.2) is 123 Å². The fourth-order valence-corrected chi connectivity index (χ4v) is 6.23. The highest BCUT2D eigenvalue weighted by molar-refractivity contribution is 7.61. The Morgan fingerprint density at radius 2 is 1.77 bits per heavy atom. The summed E-state index contributed by atoms with van der Waals surface area (Å²) in [6, 6.07) is 1.46. The number of hydrogen-bond acceptors (Lipinski definition) is 16. The molecule has 22 heteroatoms. The van der Waals surface area contributed by atoms with Crippen LogP contribution in [0.2, 0.25) is 0 Å². The summed E-state index contributed by atoms with van der Waals surface area (Å²) in [6.45, 7) is -2.07. The van der Waals surface area contributed by atoms with Crippen molar-refractivity contribution in [1.82, 2.24) is 14.5 Å². The molecular formula is C18H27FN4O15P2. The summed E-state index contributed by atoms with van der Waals surface area (Å²) < 4.78 is 64.0. The predicted molar refractivity (Wildman–Crippen MR) is 124 cm³/mol. The number of nitrogens with two attached hydrogens (primary N) is 1. The number of ether oxygens (including phenoxy) is 2. The molecule has 2 aromatic heterocycles. The Hall–Kier alpha value is -1.71. The second-order valence-electron chi connectivity index (χ2n) is 8.84. The predicted octanol–water partition coefficient (Wildman–Crippen LogP) is -2.98. The van der Waals surface area contributed by atoms with E-state index >= 15 is 0 Å². The molecule has 0 radical (unpaired) electrons. The molecule has 0 amide bonds.